The molecule has 0 amide bonds. The summed E-state index contributed by atoms with van der Waals surface area (Å²) in [6, 6.07) is 0.498. The molecule has 0 aliphatic carbocycles. The molecule has 0 radical (unpaired) electrons. The summed E-state index contributed by atoms with van der Waals surface area (Å²) in [5, 5.41) is 5.09. The van der Waals surface area contributed by atoms with Crippen LogP contribution in [-0.4, -0.2) is 34.6 Å². The molecular weight excluding hydrogens is 222 g/mol. The first-order chi connectivity index (χ1) is 7.20. The smallest absolute Gasteiger partial charge is 0.0405 e. The van der Waals surface area contributed by atoms with Gasteiger partial charge in [0.1, 0.15) is 0 Å². The minimum atomic E-state index is 0.498. The first-order valence-electron chi connectivity index (χ1n) is 5.82. The Balaban J connectivity index is 2.65. The molecule has 0 aromatic rings. The third-order valence-electron chi connectivity index (χ3n) is 2.78. The van der Waals surface area contributed by atoms with Crippen LogP contribution in [0.1, 0.15) is 27.2 Å². The van der Waals surface area contributed by atoms with E-state index >= 15 is 0 Å². The van der Waals surface area contributed by atoms with Crippen LogP contribution in [0.3, 0.4) is 0 Å². The molecule has 3 unspecified atom stereocenters. The maximum absolute atomic E-state index is 4.13. The van der Waals surface area contributed by atoms with Gasteiger partial charge in [-0.2, -0.15) is 23.5 Å². The molecule has 1 fully saturated rings. The zero-order valence-corrected chi connectivity index (χ0v) is 11.7. The lowest BCUT2D eigenvalue weighted by Crippen LogP contribution is -2.45. The van der Waals surface area contributed by atoms with Crippen molar-refractivity contribution in [3.63, 3.8) is 0 Å². The molecule has 15 heavy (non-hydrogen) atoms. The van der Waals surface area contributed by atoms with Gasteiger partial charge in [-0.25, -0.2) is 0 Å². The molecule has 88 valence electrons. The molecule has 0 bridgehead atoms. The van der Waals surface area contributed by atoms with Crippen LogP contribution in [-0.2, 0) is 0 Å². The van der Waals surface area contributed by atoms with Crippen LogP contribution < -0.4 is 5.32 Å². The van der Waals surface area contributed by atoms with Crippen molar-refractivity contribution >= 4 is 23.5 Å². The third-order valence-corrected chi connectivity index (χ3v) is 6.13. The second-order valence-corrected chi connectivity index (χ2v) is 6.67. The van der Waals surface area contributed by atoms with Crippen molar-refractivity contribution in [1.29, 1.82) is 0 Å². The van der Waals surface area contributed by atoms with Crippen molar-refractivity contribution in [3.05, 3.63) is 12.2 Å². The number of hydrogen-bond acceptors (Lipinski definition) is 3. The van der Waals surface area contributed by atoms with Crippen LogP contribution in [0.15, 0.2) is 12.2 Å². The minimum absolute atomic E-state index is 0.498. The molecule has 1 heterocycles. The molecule has 0 saturated carbocycles. The number of thioether (sulfide) groups is 2. The zero-order valence-electron chi connectivity index (χ0n) is 10.1. The molecule has 1 saturated heterocycles. The van der Waals surface area contributed by atoms with Gasteiger partial charge in [0.25, 0.3) is 0 Å². The van der Waals surface area contributed by atoms with Crippen molar-refractivity contribution in [2.45, 2.75) is 43.7 Å². The standard InChI is InChI=1S/C12H23NS2/c1-5-10-12(15-8-7-14-10)11(9(3)4)13-6-2/h10-13H,3,5-8H2,1-2,4H3. The van der Waals surface area contributed by atoms with E-state index in [0.29, 0.717) is 11.3 Å². The fraction of sp³-hybridized carbons (Fsp3) is 0.833. The van der Waals surface area contributed by atoms with Crippen molar-refractivity contribution in [1.82, 2.24) is 5.32 Å². The minimum Gasteiger partial charge on any atom is -0.310 e. The second kappa shape index (κ2) is 6.87. The van der Waals surface area contributed by atoms with Gasteiger partial charge in [-0.3, -0.25) is 0 Å². The normalized spacial score (nSPS) is 28.7. The molecular formula is C12H23NS2. The average molecular weight is 245 g/mol. The highest BCUT2D eigenvalue weighted by molar-refractivity contribution is 8.07. The average Bonchev–Trinajstić information content (AvgIpc) is 2.25. The summed E-state index contributed by atoms with van der Waals surface area (Å²) in [5.74, 6) is 2.61. The van der Waals surface area contributed by atoms with Gasteiger partial charge in [-0.1, -0.05) is 26.0 Å². The van der Waals surface area contributed by atoms with E-state index in [9.17, 15) is 0 Å². The molecule has 0 aromatic carbocycles. The van der Waals surface area contributed by atoms with Crippen LogP contribution >= 0.6 is 23.5 Å². The second-order valence-electron chi connectivity index (χ2n) is 4.03. The topological polar surface area (TPSA) is 12.0 Å². The monoisotopic (exact) mass is 245 g/mol. The van der Waals surface area contributed by atoms with Gasteiger partial charge in [0.15, 0.2) is 0 Å². The Hall–Kier alpha value is 0.400. The largest absolute Gasteiger partial charge is 0.310 e. The van der Waals surface area contributed by atoms with Crippen molar-refractivity contribution < 1.29 is 0 Å². The Morgan fingerprint density at radius 1 is 1.40 bits per heavy atom. The van der Waals surface area contributed by atoms with E-state index < -0.39 is 0 Å². The van der Waals surface area contributed by atoms with Gasteiger partial charge in [-0.15, -0.1) is 0 Å². The number of rotatable bonds is 5. The molecule has 0 spiro atoms. The quantitative estimate of drug-likeness (QED) is 0.747. The fourth-order valence-corrected chi connectivity index (χ4v) is 5.36. The summed E-state index contributed by atoms with van der Waals surface area (Å²) in [6.07, 6.45) is 1.28. The van der Waals surface area contributed by atoms with Gasteiger partial charge in [0.05, 0.1) is 0 Å². The number of nitrogens with one attached hydrogen (secondary N) is 1. The van der Waals surface area contributed by atoms with E-state index in [2.05, 4.69) is 56.2 Å². The van der Waals surface area contributed by atoms with E-state index in [1.807, 2.05) is 0 Å². The van der Waals surface area contributed by atoms with Gasteiger partial charge in [0, 0.05) is 28.0 Å². The molecule has 3 heteroatoms. The van der Waals surface area contributed by atoms with E-state index in [-0.39, 0.29) is 0 Å². The summed E-state index contributed by atoms with van der Waals surface area (Å²) >= 11 is 4.27. The Morgan fingerprint density at radius 2 is 2.07 bits per heavy atom. The molecule has 1 nitrogen and oxygen atoms in total. The predicted molar refractivity (Wildman–Crippen MR) is 75.1 cm³/mol. The molecule has 0 aromatic heterocycles. The first-order valence-corrected chi connectivity index (χ1v) is 7.92. The SMILES string of the molecule is C=C(C)C(NCC)C1SCCSC1CC. The lowest BCUT2D eigenvalue weighted by atomic mass is 10.0. The lowest BCUT2D eigenvalue weighted by molar-refractivity contribution is 0.547. The Kier molecular flexibility index (Phi) is 6.17. The lowest BCUT2D eigenvalue weighted by Gasteiger charge is -2.36. The van der Waals surface area contributed by atoms with Crippen LogP contribution in [0.25, 0.3) is 0 Å². The summed E-state index contributed by atoms with van der Waals surface area (Å²) in [7, 11) is 0. The fourth-order valence-electron chi connectivity index (χ4n) is 2.04. The highest BCUT2D eigenvalue weighted by Gasteiger charge is 2.31. The predicted octanol–water partition coefficient (Wildman–Crippen LogP) is 3.17. The highest BCUT2D eigenvalue weighted by atomic mass is 32.2. The van der Waals surface area contributed by atoms with Gasteiger partial charge < -0.3 is 5.32 Å². The van der Waals surface area contributed by atoms with Crippen LogP contribution in [0.5, 0.6) is 0 Å². The highest BCUT2D eigenvalue weighted by Crippen LogP contribution is 2.36. The van der Waals surface area contributed by atoms with Gasteiger partial charge in [-0.05, 0) is 19.9 Å². The maximum atomic E-state index is 4.13. The van der Waals surface area contributed by atoms with Crippen molar-refractivity contribution in [3.8, 4) is 0 Å². The van der Waals surface area contributed by atoms with Crippen LogP contribution in [0, 0.1) is 0 Å². The molecule has 3 atom stereocenters. The Labute approximate surface area is 103 Å². The van der Waals surface area contributed by atoms with Crippen LogP contribution in [0.2, 0.25) is 0 Å². The summed E-state index contributed by atoms with van der Waals surface area (Å²) < 4.78 is 0. The number of likely N-dealkylation sites (N-methyl/N-ethyl adjacent to an activating group) is 1. The Bertz CT molecular complexity index is 206. The molecule has 1 aliphatic rings. The molecule has 1 N–H and O–H groups in total. The first kappa shape index (κ1) is 13.5. The number of hydrogen-bond donors (Lipinski definition) is 1. The summed E-state index contributed by atoms with van der Waals surface area (Å²) in [5.41, 5.74) is 1.29. The van der Waals surface area contributed by atoms with E-state index in [4.69, 9.17) is 0 Å². The van der Waals surface area contributed by atoms with E-state index in [0.717, 1.165) is 11.8 Å². The third kappa shape index (κ3) is 3.72. The van der Waals surface area contributed by atoms with Crippen LogP contribution in [0.4, 0.5) is 0 Å². The van der Waals surface area contributed by atoms with E-state index in [1.165, 1.54) is 23.5 Å². The van der Waals surface area contributed by atoms with E-state index in [1.54, 1.807) is 0 Å². The summed E-state index contributed by atoms with van der Waals surface area (Å²) in [4.78, 5) is 0. The maximum Gasteiger partial charge on any atom is 0.0405 e. The Morgan fingerprint density at radius 3 is 2.60 bits per heavy atom. The van der Waals surface area contributed by atoms with Gasteiger partial charge >= 0.3 is 0 Å². The van der Waals surface area contributed by atoms with Gasteiger partial charge in [0.2, 0.25) is 0 Å². The van der Waals surface area contributed by atoms with Crippen molar-refractivity contribution in [2.75, 3.05) is 18.1 Å². The molecule has 1 rings (SSSR count). The van der Waals surface area contributed by atoms with Crippen molar-refractivity contribution in [2.24, 2.45) is 0 Å². The summed E-state index contributed by atoms with van der Waals surface area (Å²) in [6.45, 7) is 11.8. The zero-order chi connectivity index (χ0) is 11.3. The molecule has 1 aliphatic heterocycles.